The maximum Gasteiger partial charge on any atom is 0.223 e. The number of hydrogen-bond acceptors (Lipinski definition) is 1. The van der Waals surface area contributed by atoms with Crippen molar-refractivity contribution in [2.24, 2.45) is 5.92 Å². The minimum absolute atomic E-state index is 0.159. The lowest BCUT2D eigenvalue weighted by atomic mass is 9.88. The first-order valence-electron chi connectivity index (χ1n) is 4.90. The first kappa shape index (κ1) is 8.09. The van der Waals surface area contributed by atoms with Crippen LogP contribution < -0.4 is 0 Å². The normalized spacial score (nSPS) is 26.7. The van der Waals surface area contributed by atoms with Crippen LogP contribution in [0.3, 0.4) is 0 Å². The molecule has 2 fully saturated rings. The first-order chi connectivity index (χ1) is 5.59. The molecule has 0 aromatic carbocycles. The summed E-state index contributed by atoms with van der Waals surface area (Å²) < 4.78 is 0. The predicted octanol–water partition coefficient (Wildman–Crippen LogP) is 1.80. The van der Waals surface area contributed by atoms with Gasteiger partial charge in [-0.1, -0.05) is 0 Å². The Morgan fingerprint density at radius 1 is 1.50 bits per heavy atom. The van der Waals surface area contributed by atoms with Crippen molar-refractivity contribution in [3.05, 3.63) is 0 Å². The summed E-state index contributed by atoms with van der Waals surface area (Å²) in [7, 11) is 0. The van der Waals surface area contributed by atoms with E-state index in [4.69, 9.17) is 0 Å². The summed E-state index contributed by atoms with van der Waals surface area (Å²) in [5, 5.41) is 0. The second-order valence-electron chi connectivity index (χ2n) is 4.76. The fraction of sp³-hybridized carbons (Fsp3) is 0.900. The van der Waals surface area contributed by atoms with Crippen LogP contribution in [0, 0.1) is 5.92 Å². The molecule has 1 saturated heterocycles. The molecule has 1 aliphatic heterocycles. The standard InChI is InChI=1S/C10H17NO/c1-10(2)5-6-11(10)9(12)7-8-3-4-8/h8H,3-7H2,1-2H3. The molecule has 0 aromatic heterocycles. The molecule has 2 aliphatic rings. The fourth-order valence-corrected chi connectivity index (χ4v) is 1.81. The van der Waals surface area contributed by atoms with Gasteiger partial charge in [-0.15, -0.1) is 0 Å². The van der Waals surface area contributed by atoms with Crippen molar-refractivity contribution in [3.8, 4) is 0 Å². The minimum Gasteiger partial charge on any atom is -0.337 e. The van der Waals surface area contributed by atoms with Gasteiger partial charge in [-0.25, -0.2) is 0 Å². The number of hydrogen-bond donors (Lipinski definition) is 0. The van der Waals surface area contributed by atoms with Gasteiger partial charge < -0.3 is 4.90 Å². The van der Waals surface area contributed by atoms with Crippen LogP contribution in [0.1, 0.15) is 39.5 Å². The SMILES string of the molecule is CC1(C)CCN1C(=O)CC1CC1. The Bertz CT molecular complexity index is 206. The Hall–Kier alpha value is -0.530. The number of carbonyl (C=O) groups is 1. The van der Waals surface area contributed by atoms with Gasteiger partial charge >= 0.3 is 0 Å². The van der Waals surface area contributed by atoms with E-state index in [2.05, 4.69) is 13.8 Å². The highest BCUT2D eigenvalue weighted by molar-refractivity contribution is 5.78. The van der Waals surface area contributed by atoms with Crippen LogP contribution in [0.25, 0.3) is 0 Å². The molecule has 1 heterocycles. The van der Waals surface area contributed by atoms with Crippen molar-refractivity contribution in [3.63, 3.8) is 0 Å². The molecule has 0 radical (unpaired) electrons. The molecule has 2 nitrogen and oxygen atoms in total. The van der Waals surface area contributed by atoms with E-state index < -0.39 is 0 Å². The smallest absolute Gasteiger partial charge is 0.223 e. The third kappa shape index (κ3) is 1.35. The molecule has 2 rings (SSSR count). The van der Waals surface area contributed by atoms with Crippen LogP contribution in [-0.4, -0.2) is 22.9 Å². The van der Waals surface area contributed by atoms with Gasteiger partial charge in [-0.2, -0.15) is 0 Å². The summed E-state index contributed by atoms with van der Waals surface area (Å²) in [6, 6.07) is 0. The zero-order valence-corrected chi connectivity index (χ0v) is 7.97. The van der Waals surface area contributed by atoms with Crippen molar-refractivity contribution in [2.45, 2.75) is 45.1 Å². The van der Waals surface area contributed by atoms with Crippen LogP contribution in [-0.2, 0) is 4.79 Å². The lowest BCUT2D eigenvalue weighted by molar-refractivity contribution is -0.145. The van der Waals surface area contributed by atoms with Gasteiger partial charge in [0.05, 0.1) is 0 Å². The third-order valence-electron chi connectivity index (χ3n) is 3.14. The van der Waals surface area contributed by atoms with Crippen molar-refractivity contribution < 1.29 is 4.79 Å². The Balaban J connectivity index is 1.86. The molecule has 68 valence electrons. The molecule has 0 N–H and O–H groups in total. The van der Waals surface area contributed by atoms with Crippen LogP contribution >= 0.6 is 0 Å². The van der Waals surface area contributed by atoms with Crippen molar-refractivity contribution in [1.82, 2.24) is 4.90 Å². The van der Waals surface area contributed by atoms with E-state index in [1.54, 1.807) is 0 Å². The van der Waals surface area contributed by atoms with E-state index in [9.17, 15) is 4.79 Å². The van der Waals surface area contributed by atoms with Crippen molar-refractivity contribution in [1.29, 1.82) is 0 Å². The number of amides is 1. The average Bonchev–Trinajstić information content (AvgIpc) is 2.69. The monoisotopic (exact) mass is 167 g/mol. The second-order valence-corrected chi connectivity index (χ2v) is 4.76. The van der Waals surface area contributed by atoms with Gasteiger partial charge in [0.25, 0.3) is 0 Å². The average molecular weight is 167 g/mol. The molecule has 12 heavy (non-hydrogen) atoms. The largest absolute Gasteiger partial charge is 0.337 e. The first-order valence-corrected chi connectivity index (χ1v) is 4.90. The molecule has 2 heteroatoms. The molecule has 0 aromatic rings. The van der Waals surface area contributed by atoms with E-state index in [0.717, 1.165) is 18.9 Å². The van der Waals surface area contributed by atoms with E-state index in [1.807, 2.05) is 4.90 Å². The lowest BCUT2D eigenvalue weighted by Crippen LogP contribution is -2.58. The van der Waals surface area contributed by atoms with Crippen molar-refractivity contribution >= 4 is 5.91 Å². The quantitative estimate of drug-likeness (QED) is 0.614. The minimum atomic E-state index is 0.159. The number of rotatable bonds is 2. The third-order valence-corrected chi connectivity index (χ3v) is 3.14. The molecule has 0 bridgehead atoms. The highest BCUT2D eigenvalue weighted by Gasteiger charge is 2.40. The molecule has 0 atom stereocenters. The van der Waals surface area contributed by atoms with Gasteiger partial charge in [0.1, 0.15) is 0 Å². The van der Waals surface area contributed by atoms with Gasteiger partial charge in [-0.05, 0) is 39.0 Å². The zero-order valence-electron chi connectivity index (χ0n) is 7.97. The van der Waals surface area contributed by atoms with Crippen LogP contribution in [0.2, 0.25) is 0 Å². The number of carbonyl (C=O) groups excluding carboxylic acids is 1. The Labute approximate surface area is 73.9 Å². The van der Waals surface area contributed by atoms with E-state index >= 15 is 0 Å². The van der Waals surface area contributed by atoms with Gasteiger partial charge in [-0.3, -0.25) is 4.79 Å². The molecule has 0 spiro atoms. The Kier molecular flexibility index (Phi) is 1.67. The molecular weight excluding hydrogens is 150 g/mol. The van der Waals surface area contributed by atoms with Crippen LogP contribution in [0.5, 0.6) is 0 Å². The summed E-state index contributed by atoms with van der Waals surface area (Å²) in [4.78, 5) is 13.7. The number of likely N-dealkylation sites (tertiary alicyclic amines) is 1. The van der Waals surface area contributed by atoms with Gasteiger partial charge in [0.15, 0.2) is 0 Å². The molecular formula is C10H17NO. The second kappa shape index (κ2) is 2.48. The van der Waals surface area contributed by atoms with Gasteiger partial charge in [0, 0.05) is 18.5 Å². The lowest BCUT2D eigenvalue weighted by Gasteiger charge is -2.48. The molecule has 1 saturated carbocycles. The number of nitrogens with zero attached hydrogens (tertiary/aromatic N) is 1. The van der Waals surface area contributed by atoms with E-state index in [0.29, 0.717) is 5.91 Å². The topological polar surface area (TPSA) is 20.3 Å². The summed E-state index contributed by atoms with van der Waals surface area (Å²) >= 11 is 0. The summed E-state index contributed by atoms with van der Waals surface area (Å²) in [6.45, 7) is 5.29. The summed E-state index contributed by atoms with van der Waals surface area (Å²) in [5.41, 5.74) is 0.159. The molecule has 1 amide bonds. The maximum absolute atomic E-state index is 11.6. The van der Waals surface area contributed by atoms with Gasteiger partial charge in [0.2, 0.25) is 5.91 Å². The maximum atomic E-state index is 11.6. The summed E-state index contributed by atoms with van der Waals surface area (Å²) in [5.74, 6) is 1.11. The molecule has 0 unspecified atom stereocenters. The highest BCUT2D eigenvalue weighted by Crippen LogP contribution is 2.36. The van der Waals surface area contributed by atoms with E-state index in [-0.39, 0.29) is 5.54 Å². The molecule has 1 aliphatic carbocycles. The fourth-order valence-electron chi connectivity index (χ4n) is 1.81. The van der Waals surface area contributed by atoms with Crippen LogP contribution in [0.4, 0.5) is 0 Å². The zero-order chi connectivity index (χ0) is 8.77. The Morgan fingerprint density at radius 3 is 2.50 bits per heavy atom. The summed E-state index contributed by atoms with van der Waals surface area (Å²) in [6.07, 6.45) is 4.53. The highest BCUT2D eigenvalue weighted by atomic mass is 16.2. The van der Waals surface area contributed by atoms with Crippen LogP contribution in [0.15, 0.2) is 0 Å². The van der Waals surface area contributed by atoms with E-state index in [1.165, 1.54) is 19.3 Å². The predicted molar refractivity (Wildman–Crippen MR) is 47.8 cm³/mol. The van der Waals surface area contributed by atoms with Crippen molar-refractivity contribution in [2.75, 3.05) is 6.54 Å². The Morgan fingerprint density at radius 2 is 2.17 bits per heavy atom.